The number of nitrogens with zero attached hydrogens (tertiary/aromatic N) is 2. The zero-order chi connectivity index (χ0) is 14.8. The zero-order valence-electron chi connectivity index (χ0n) is 12.0. The molecule has 1 heterocycles. The molecule has 1 aromatic carbocycles. The van der Waals surface area contributed by atoms with Gasteiger partial charge in [-0.15, -0.1) is 0 Å². The number of aliphatic hydroxyl groups is 1. The van der Waals surface area contributed by atoms with Crippen molar-refractivity contribution in [3.05, 3.63) is 29.8 Å². The van der Waals surface area contributed by atoms with Crippen LogP contribution >= 0.6 is 0 Å². The molecule has 1 N–H and O–H groups in total. The van der Waals surface area contributed by atoms with Crippen molar-refractivity contribution in [1.82, 2.24) is 9.21 Å². The van der Waals surface area contributed by atoms with Crippen LogP contribution < -0.4 is 0 Å². The Morgan fingerprint density at radius 2 is 1.90 bits per heavy atom. The van der Waals surface area contributed by atoms with Gasteiger partial charge < -0.3 is 10.0 Å². The summed E-state index contributed by atoms with van der Waals surface area (Å²) >= 11 is 0. The number of hydrogen-bond acceptors (Lipinski definition) is 4. The van der Waals surface area contributed by atoms with Crippen molar-refractivity contribution in [2.75, 3.05) is 26.7 Å². The van der Waals surface area contributed by atoms with Crippen LogP contribution in [-0.2, 0) is 16.6 Å². The van der Waals surface area contributed by atoms with Gasteiger partial charge in [0.2, 0.25) is 10.0 Å². The molecule has 6 heteroatoms. The third kappa shape index (κ3) is 3.03. The molecule has 1 atom stereocenters. The van der Waals surface area contributed by atoms with Gasteiger partial charge in [0.25, 0.3) is 0 Å². The van der Waals surface area contributed by atoms with E-state index in [1.807, 2.05) is 7.05 Å². The van der Waals surface area contributed by atoms with Crippen LogP contribution in [0.15, 0.2) is 29.2 Å². The van der Waals surface area contributed by atoms with Gasteiger partial charge in [-0.2, -0.15) is 4.31 Å². The minimum Gasteiger partial charge on any atom is -0.392 e. The largest absolute Gasteiger partial charge is 0.392 e. The highest BCUT2D eigenvalue weighted by Crippen LogP contribution is 2.21. The highest BCUT2D eigenvalue weighted by Gasteiger charge is 2.31. The van der Waals surface area contributed by atoms with Crippen molar-refractivity contribution in [2.24, 2.45) is 0 Å². The van der Waals surface area contributed by atoms with Crippen LogP contribution in [0.5, 0.6) is 0 Å². The van der Waals surface area contributed by atoms with Crippen molar-refractivity contribution >= 4 is 10.0 Å². The number of hydrogen-bond donors (Lipinski definition) is 1. The van der Waals surface area contributed by atoms with Gasteiger partial charge in [-0.3, -0.25) is 0 Å². The first-order valence-electron chi connectivity index (χ1n) is 6.89. The Hall–Kier alpha value is -0.950. The first-order valence-corrected chi connectivity index (χ1v) is 8.33. The summed E-state index contributed by atoms with van der Waals surface area (Å²) in [6, 6.07) is 6.72. The molecule has 0 spiro atoms. The first-order chi connectivity index (χ1) is 9.48. The summed E-state index contributed by atoms with van der Waals surface area (Å²) in [7, 11) is -1.39. The molecule has 0 bridgehead atoms. The Labute approximate surface area is 120 Å². The number of sulfonamides is 1. The van der Waals surface area contributed by atoms with Crippen LogP contribution in [0.1, 0.15) is 18.9 Å². The lowest BCUT2D eigenvalue weighted by atomic mass is 10.1. The van der Waals surface area contributed by atoms with E-state index in [0.717, 1.165) is 13.0 Å². The average molecular weight is 298 g/mol. The van der Waals surface area contributed by atoms with Gasteiger partial charge in [-0.1, -0.05) is 19.1 Å². The molecule has 1 aliphatic rings. The lowest BCUT2D eigenvalue weighted by Gasteiger charge is -2.38. The van der Waals surface area contributed by atoms with Crippen molar-refractivity contribution < 1.29 is 13.5 Å². The minimum absolute atomic E-state index is 0.0766. The van der Waals surface area contributed by atoms with Crippen molar-refractivity contribution in [2.45, 2.75) is 30.9 Å². The summed E-state index contributed by atoms with van der Waals surface area (Å²) in [6.45, 7) is 3.82. The van der Waals surface area contributed by atoms with E-state index in [1.54, 1.807) is 28.6 Å². The molecule has 1 aliphatic heterocycles. The van der Waals surface area contributed by atoms with Gasteiger partial charge in [0.15, 0.2) is 0 Å². The number of piperazine rings is 1. The number of benzene rings is 1. The van der Waals surface area contributed by atoms with Gasteiger partial charge in [0.1, 0.15) is 0 Å². The van der Waals surface area contributed by atoms with Gasteiger partial charge in [-0.05, 0) is 31.2 Å². The molecule has 2 rings (SSSR count). The fourth-order valence-electron chi connectivity index (χ4n) is 2.49. The fourth-order valence-corrected chi connectivity index (χ4v) is 3.96. The van der Waals surface area contributed by atoms with E-state index in [1.165, 1.54) is 0 Å². The summed E-state index contributed by atoms with van der Waals surface area (Å²) in [4.78, 5) is 2.51. The summed E-state index contributed by atoms with van der Waals surface area (Å²) in [6.07, 6.45) is 0.936. The molecule has 0 aromatic heterocycles. The second kappa shape index (κ2) is 6.22. The Balaban J connectivity index is 2.21. The molecule has 0 saturated carbocycles. The maximum absolute atomic E-state index is 12.6. The molecule has 1 saturated heterocycles. The van der Waals surface area contributed by atoms with Crippen molar-refractivity contribution in [3.8, 4) is 0 Å². The summed E-state index contributed by atoms with van der Waals surface area (Å²) in [5.74, 6) is 0. The fraction of sp³-hybridized carbons (Fsp3) is 0.571. The topological polar surface area (TPSA) is 60.9 Å². The standard InChI is InChI=1S/C14H22N2O3S/c1-3-13-10-16(9-8-15(13)2)20(18,19)14-6-4-12(11-17)5-7-14/h4-7,13,17H,3,8-11H2,1-2H3. The lowest BCUT2D eigenvalue weighted by Crippen LogP contribution is -2.52. The third-order valence-electron chi connectivity index (χ3n) is 3.95. The Morgan fingerprint density at radius 3 is 2.45 bits per heavy atom. The minimum atomic E-state index is -3.43. The second-order valence-corrected chi connectivity index (χ2v) is 7.15. The van der Waals surface area contributed by atoms with E-state index >= 15 is 0 Å². The van der Waals surface area contributed by atoms with Crippen LogP contribution in [0.25, 0.3) is 0 Å². The van der Waals surface area contributed by atoms with Crippen LogP contribution in [0.4, 0.5) is 0 Å². The van der Waals surface area contributed by atoms with E-state index < -0.39 is 10.0 Å². The highest BCUT2D eigenvalue weighted by atomic mass is 32.2. The summed E-state index contributed by atoms with van der Waals surface area (Å²) in [5.41, 5.74) is 0.716. The first kappa shape index (κ1) is 15.4. The Kier molecular flexibility index (Phi) is 4.80. The molecule has 0 amide bonds. The van der Waals surface area contributed by atoms with E-state index in [9.17, 15) is 8.42 Å². The molecular weight excluding hydrogens is 276 g/mol. The van der Waals surface area contributed by atoms with Gasteiger partial charge in [0, 0.05) is 25.7 Å². The molecule has 0 radical (unpaired) electrons. The van der Waals surface area contributed by atoms with Crippen LogP contribution in [0, 0.1) is 0 Å². The average Bonchev–Trinajstić information content (AvgIpc) is 2.47. The van der Waals surface area contributed by atoms with E-state index in [2.05, 4.69) is 11.8 Å². The number of aliphatic hydroxyl groups excluding tert-OH is 1. The van der Waals surface area contributed by atoms with Crippen LogP contribution in [0.3, 0.4) is 0 Å². The predicted octanol–water partition coefficient (Wildman–Crippen LogP) is 0.894. The number of rotatable bonds is 4. The Morgan fingerprint density at radius 1 is 1.25 bits per heavy atom. The van der Waals surface area contributed by atoms with Gasteiger partial charge >= 0.3 is 0 Å². The van der Waals surface area contributed by atoms with E-state index in [0.29, 0.717) is 23.5 Å². The predicted molar refractivity (Wildman–Crippen MR) is 77.8 cm³/mol. The highest BCUT2D eigenvalue weighted by molar-refractivity contribution is 7.89. The van der Waals surface area contributed by atoms with Crippen molar-refractivity contribution in [3.63, 3.8) is 0 Å². The monoisotopic (exact) mass is 298 g/mol. The SMILES string of the molecule is CCC1CN(S(=O)(=O)c2ccc(CO)cc2)CCN1C. The molecule has 1 aromatic rings. The van der Waals surface area contributed by atoms with Gasteiger partial charge in [-0.25, -0.2) is 8.42 Å². The molecule has 1 unspecified atom stereocenters. The molecule has 5 nitrogen and oxygen atoms in total. The maximum atomic E-state index is 12.6. The van der Waals surface area contributed by atoms with E-state index in [4.69, 9.17) is 5.11 Å². The molecule has 1 fully saturated rings. The lowest BCUT2D eigenvalue weighted by molar-refractivity contribution is 0.144. The quantitative estimate of drug-likeness (QED) is 0.897. The van der Waals surface area contributed by atoms with Crippen LogP contribution in [-0.4, -0.2) is 55.5 Å². The third-order valence-corrected chi connectivity index (χ3v) is 5.83. The number of likely N-dealkylation sites (N-methyl/N-ethyl adjacent to an activating group) is 1. The van der Waals surface area contributed by atoms with Crippen LogP contribution in [0.2, 0.25) is 0 Å². The normalized spacial score (nSPS) is 22.1. The summed E-state index contributed by atoms with van der Waals surface area (Å²) < 4.78 is 26.8. The Bertz CT molecular complexity index is 542. The molecule has 0 aliphatic carbocycles. The maximum Gasteiger partial charge on any atom is 0.243 e. The van der Waals surface area contributed by atoms with Gasteiger partial charge in [0.05, 0.1) is 11.5 Å². The zero-order valence-corrected chi connectivity index (χ0v) is 12.8. The second-order valence-electron chi connectivity index (χ2n) is 5.21. The molecular formula is C14H22N2O3S. The molecule has 20 heavy (non-hydrogen) atoms. The summed E-state index contributed by atoms with van der Waals surface area (Å²) in [5, 5.41) is 9.01. The smallest absolute Gasteiger partial charge is 0.243 e. The van der Waals surface area contributed by atoms with E-state index in [-0.39, 0.29) is 12.6 Å². The molecule has 112 valence electrons. The van der Waals surface area contributed by atoms with Crippen molar-refractivity contribution in [1.29, 1.82) is 0 Å².